The largest absolute Gasteiger partial charge is 0.307 e. The van der Waals surface area contributed by atoms with E-state index in [0.717, 1.165) is 37.5 Å². The zero-order valence-corrected chi connectivity index (χ0v) is 23.2. The minimum atomic E-state index is -4.09. The number of sulfonamides is 2. The highest BCUT2D eigenvalue weighted by atomic mass is 32.2. The summed E-state index contributed by atoms with van der Waals surface area (Å²) in [7, 11) is -7.57. The van der Waals surface area contributed by atoms with Crippen molar-refractivity contribution in [3.63, 3.8) is 0 Å². The Labute approximate surface area is 227 Å². The second-order valence-electron chi connectivity index (χ2n) is 11.9. The second-order valence-corrected chi connectivity index (χ2v) is 15.4. The molecule has 0 radical (unpaired) electrons. The Morgan fingerprint density at radius 2 is 1.62 bits per heavy atom. The molecule has 6 rings (SSSR count). The number of amides is 1. The lowest BCUT2D eigenvalue weighted by Crippen LogP contribution is -2.50. The monoisotopic (exact) mass is 579 g/mol. The highest BCUT2D eigenvalue weighted by molar-refractivity contribution is 7.92. The lowest BCUT2D eigenvalue weighted by Gasteiger charge is -2.38. The van der Waals surface area contributed by atoms with E-state index in [1.807, 2.05) is 6.07 Å². The molecule has 3 aliphatic carbocycles. The van der Waals surface area contributed by atoms with Gasteiger partial charge in [-0.05, 0) is 85.9 Å². The number of nitrogens with zero attached hydrogens (tertiary/aromatic N) is 1. The van der Waals surface area contributed by atoms with Gasteiger partial charge in [0.05, 0.1) is 11.2 Å². The van der Waals surface area contributed by atoms with Crippen LogP contribution in [0.4, 0.5) is 20.2 Å². The first-order chi connectivity index (χ1) is 18.2. The van der Waals surface area contributed by atoms with Gasteiger partial charge in [0.25, 0.3) is 11.8 Å². The van der Waals surface area contributed by atoms with Gasteiger partial charge in [-0.1, -0.05) is 6.07 Å². The predicted molar refractivity (Wildman–Crippen MR) is 143 cm³/mol. The third-order valence-corrected chi connectivity index (χ3v) is 11.0. The predicted octanol–water partition coefficient (Wildman–Crippen LogP) is 4.39. The van der Waals surface area contributed by atoms with Gasteiger partial charge in [-0.15, -0.1) is 0 Å². The zero-order chi connectivity index (χ0) is 27.8. The normalized spacial score (nSPS) is 22.9. The maximum Gasteiger partial charge on any atom is 0.258 e. The molecule has 0 bridgehead atoms. The molecule has 12 heteroatoms. The fourth-order valence-corrected chi connectivity index (χ4v) is 8.31. The number of halogens is 2. The number of hydrogen-bond donors (Lipinski definition) is 2. The van der Waals surface area contributed by atoms with E-state index in [1.54, 1.807) is 23.1 Å². The number of fused-ring (bicyclic) bond motifs is 2. The van der Waals surface area contributed by atoms with Crippen LogP contribution in [-0.2, 0) is 25.5 Å². The van der Waals surface area contributed by atoms with Crippen LogP contribution in [0.1, 0.15) is 67.3 Å². The molecule has 2 N–H and O–H groups in total. The topological polar surface area (TPSA) is 113 Å². The Morgan fingerprint density at radius 1 is 0.949 bits per heavy atom. The highest BCUT2D eigenvalue weighted by Crippen LogP contribution is 2.62. The number of alkyl halides is 2. The van der Waals surface area contributed by atoms with Gasteiger partial charge in [0, 0.05) is 47.8 Å². The van der Waals surface area contributed by atoms with Gasteiger partial charge in [0.1, 0.15) is 0 Å². The van der Waals surface area contributed by atoms with Gasteiger partial charge in [-0.3, -0.25) is 9.52 Å². The maximum absolute atomic E-state index is 13.8. The first kappa shape index (κ1) is 26.6. The van der Waals surface area contributed by atoms with Crippen molar-refractivity contribution in [2.75, 3.05) is 22.4 Å². The molecular formula is C27H31F2N3O5S2. The summed E-state index contributed by atoms with van der Waals surface area (Å²) < 4.78 is 80.8. The van der Waals surface area contributed by atoms with Crippen LogP contribution < -0.4 is 14.3 Å². The van der Waals surface area contributed by atoms with Crippen molar-refractivity contribution in [2.24, 2.45) is 5.41 Å². The lowest BCUT2D eigenvalue weighted by atomic mass is 9.66. The Balaban J connectivity index is 1.30. The van der Waals surface area contributed by atoms with E-state index in [2.05, 4.69) is 9.44 Å². The van der Waals surface area contributed by atoms with Crippen LogP contribution in [0.3, 0.4) is 0 Å². The molecule has 39 heavy (non-hydrogen) atoms. The molecule has 210 valence electrons. The zero-order valence-electron chi connectivity index (χ0n) is 21.5. The molecule has 1 amide bonds. The summed E-state index contributed by atoms with van der Waals surface area (Å²) in [6, 6.07) is 10.0. The minimum Gasteiger partial charge on any atom is -0.307 e. The van der Waals surface area contributed by atoms with E-state index in [1.165, 1.54) is 31.0 Å². The van der Waals surface area contributed by atoms with Crippen molar-refractivity contribution >= 4 is 37.3 Å². The van der Waals surface area contributed by atoms with Crippen LogP contribution in [0.2, 0.25) is 0 Å². The first-order valence-corrected chi connectivity index (χ1v) is 16.5. The van der Waals surface area contributed by atoms with Gasteiger partial charge in [-0.25, -0.2) is 30.3 Å². The summed E-state index contributed by atoms with van der Waals surface area (Å²) in [5.41, 5.74) is 2.33. The average Bonchev–Trinajstić information content (AvgIpc) is 3.53. The number of rotatable bonds is 6. The molecule has 0 saturated heterocycles. The van der Waals surface area contributed by atoms with E-state index >= 15 is 0 Å². The summed E-state index contributed by atoms with van der Waals surface area (Å²) in [5, 5.41) is 0. The summed E-state index contributed by atoms with van der Waals surface area (Å²) in [4.78, 5) is 15.4. The van der Waals surface area contributed by atoms with Crippen LogP contribution in [0, 0.1) is 5.41 Å². The molecule has 3 saturated carbocycles. The summed E-state index contributed by atoms with van der Waals surface area (Å²) in [6.45, 7) is 0.423. The van der Waals surface area contributed by atoms with Crippen molar-refractivity contribution in [1.82, 2.24) is 4.72 Å². The number of benzene rings is 2. The number of anilines is 2. The number of nitrogens with one attached hydrogen (secondary N) is 2. The Hall–Kier alpha value is -2.57. The fourth-order valence-electron chi connectivity index (χ4n) is 6.48. The summed E-state index contributed by atoms with van der Waals surface area (Å²) in [5.74, 6) is -3.23. The Kier molecular flexibility index (Phi) is 5.95. The van der Waals surface area contributed by atoms with Crippen molar-refractivity contribution in [3.05, 3.63) is 53.6 Å². The summed E-state index contributed by atoms with van der Waals surface area (Å²) >= 11 is 0. The van der Waals surface area contributed by atoms with Crippen molar-refractivity contribution < 1.29 is 30.4 Å². The Bertz CT molecular complexity index is 1550. The van der Waals surface area contributed by atoms with E-state index < -0.39 is 44.9 Å². The summed E-state index contributed by atoms with van der Waals surface area (Å²) in [6.07, 6.45) is 6.33. The molecule has 4 aliphatic rings. The van der Waals surface area contributed by atoms with Crippen LogP contribution in [0.5, 0.6) is 0 Å². The maximum atomic E-state index is 13.8. The molecule has 2 spiro atoms. The molecule has 2 aromatic rings. The number of carbonyl (C=O) groups is 1. The highest BCUT2D eigenvalue weighted by Gasteiger charge is 2.54. The van der Waals surface area contributed by atoms with Gasteiger partial charge >= 0.3 is 0 Å². The van der Waals surface area contributed by atoms with Crippen LogP contribution >= 0.6 is 0 Å². The van der Waals surface area contributed by atoms with Crippen molar-refractivity contribution in [1.29, 1.82) is 0 Å². The standard InChI is InChI=1S/C27H31F2N3O5S2/c1-38(34,35)30-19-5-6-23-22(14-19)26(11-9-25(7-8-25)10-12-26)17-32(23)24(33)18-3-2-4-21(13-18)39(36,37)31-20-15-27(28,29)16-20/h2-6,13-14,20,30-31H,7-12,15-17H2,1H3. The third kappa shape index (κ3) is 5.06. The molecular weight excluding hydrogens is 548 g/mol. The van der Waals surface area contributed by atoms with E-state index in [4.69, 9.17) is 0 Å². The number of carbonyl (C=O) groups excluding carboxylic acids is 1. The second kappa shape index (κ2) is 8.71. The SMILES string of the molecule is CS(=O)(=O)Nc1ccc2c(c1)C1(CCC3(CC3)CC1)CN2C(=O)c1cccc(S(=O)(=O)NC2CC(F)(F)C2)c1. The van der Waals surface area contributed by atoms with E-state index in [-0.39, 0.29) is 21.8 Å². The first-order valence-electron chi connectivity index (χ1n) is 13.1. The van der Waals surface area contributed by atoms with Crippen LogP contribution in [0.15, 0.2) is 47.4 Å². The molecule has 0 unspecified atom stereocenters. The van der Waals surface area contributed by atoms with Crippen LogP contribution in [-0.4, -0.2) is 47.5 Å². The molecule has 1 aliphatic heterocycles. The third-order valence-electron chi connectivity index (χ3n) is 8.90. The quantitative estimate of drug-likeness (QED) is 0.527. The number of hydrogen-bond acceptors (Lipinski definition) is 5. The van der Waals surface area contributed by atoms with Crippen molar-refractivity contribution in [2.45, 2.75) is 73.6 Å². The van der Waals surface area contributed by atoms with Crippen molar-refractivity contribution in [3.8, 4) is 0 Å². The van der Waals surface area contributed by atoms with Gasteiger partial charge < -0.3 is 4.90 Å². The molecule has 2 aromatic carbocycles. The average molecular weight is 580 g/mol. The van der Waals surface area contributed by atoms with Gasteiger partial charge in [0.15, 0.2) is 0 Å². The van der Waals surface area contributed by atoms with Gasteiger partial charge in [0.2, 0.25) is 20.0 Å². The molecule has 3 fully saturated rings. The molecule has 8 nitrogen and oxygen atoms in total. The molecule has 0 aromatic heterocycles. The minimum absolute atomic E-state index is 0.154. The molecule has 0 atom stereocenters. The fraction of sp³-hybridized carbons (Fsp3) is 0.519. The molecule has 1 heterocycles. The van der Waals surface area contributed by atoms with E-state index in [9.17, 15) is 30.4 Å². The lowest BCUT2D eigenvalue weighted by molar-refractivity contribution is -0.0876. The Morgan fingerprint density at radius 3 is 2.23 bits per heavy atom. The van der Waals surface area contributed by atoms with E-state index in [0.29, 0.717) is 23.3 Å². The smallest absolute Gasteiger partial charge is 0.258 e. The van der Waals surface area contributed by atoms with Gasteiger partial charge in [-0.2, -0.15) is 0 Å². The van der Waals surface area contributed by atoms with Crippen LogP contribution in [0.25, 0.3) is 0 Å².